The number of carbonyl (C=O) groups is 1. The van der Waals surface area contributed by atoms with Gasteiger partial charge in [0.1, 0.15) is 15.5 Å². The second-order valence-electron chi connectivity index (χ2n) is 4.19. The lowest BCUT2D eigenvalue weighted by Crippen LogP contribution is -2.25. The first-order valence-corrected chi connectivity index (χ1v) is 7.39. The van der Waals surface area contributed by atoms with Crippen molar-refractivity contribution in [3.8, 4) is 0 Å². The predicted molar refractivity (Wildman–Crippen MR) is 67.2 cm³/mol. The average Bonchev–Trinajstić information content (AvgIpc) is 2.26. The molecular weight excluding hydrogens is 256 g/mol. The van der Waals surface area contributed by atoms with Crippen molar-refractivity contribution in [2.24, 2.45) is 0 Å². The van der Waals surface area contributed by atoms with Gasteiger partial charge in [0.2, 0.25) is 0 Å². The fourth-order valence-corrected chi connectivity index (χ4v) is 2.01. The van der Waals surface area contributed by atoms with Gasteiger partial charge in [-0.25, -0.2) is 18.2 Å². The normalized spacial score (nSPS) is 11.7. The number of sulfone groups is 1. The third-order valence-electron chi connectivity index (χ3n) is 2.30. The molecule has 100 valence electrons. The molecule has 6 nitrogen and oxygen atoms in total. The summed E-state index contributed by atoms with van der Waals surface area (Å²) in [4.78, 5) is 16.5. The Morgan fingerprint density at radius 2 is 2.11 bits per heavy atom. The minimum atomic E-state index is -2.99. The summed E-state index contributed by atoms with van der Waals surface area (Å²) in [7, 11) is -1.23. The van der Waals surface area contributed by atoms with Crippen molar-refractivity contribution in [1.29, 1.82) is 0 Å². The van der Waals surface area contributed by atoms with Crippen molar-refractivity contribution in [2.45, 2.75) is 6.54 Å². The molecule has 0 saturated heterocycles. The molecule has 0 aromatic carbocycles. The Morgan fingerprint density at radius 1 is 1.44 bits per heavy atom. The van der Waals surface area contributed by atoms with Crippen LogP contribution in [-0.4, -0.2) is 55.0 Å². The van der Waals surface area contributed by atoms with Crippen molar-refractivity contribution >= 4 is 15.8 Å². The van der Waals surface area contributed by atoms with Gasteiger partial charge in [-0.1, -0.05) is 6.07 Å². The molecule has 0 aliphatic heterocycles. The highest BCUT2D eigenvalue weighted by Gasteiger charge is 2.09. The molecular formula is C11H16N2O4S. The summed E-state index contributed by atoms with van der Waals surface area (Å²) in [5.74, 6) is -1.00. The highest BCUT2D eigenvalue weighted by atomic mass is 32.2. The topological polar surface area (TPSA) is 87.6 Å². The van der Waals surface area contributed by atoms with Crippen LogP contribution in [0.1, 0.15) is 16.2 Å². The van der Waals surface area contributed by atoms with E-state index in [0.717, 1.165) is 0 Å². The molecule has 18 heavy (non-hydrogen) atoms. The van der Waals surface area contributed by atoms with Crippen molar-refractivity contribution in [3.63, 3.8) is 0 Å². The van der Waals surface area contributed by atoms with E-state index in [4.69, 9.17) is 5.11 Å². The number of hydrogen-bond acceptors (Lipinski definition) is 5. The summed E-state index contributed by atoms with van der Waals surface area (Å²) in [5, 5.41) is 8.80. The van der Waals surface area contributed by atoms with Gasteiger partial charge in [-0.05, 0) is 19.2 Å². The number of rotatable bonds is 6. The fraction of sp³-hybridized carbons (Fsp3) is 0.455. The highest BCUT2D eigenvalue weighted by molar-refractivity contribution is 7.90. The lowest BCUT2D eigenvalue weighted by atomic mass is 10.3. The smallest absolute Gasteiger partial charge is 0.354 e. The van der Waals surface area contributed by atoms with E-state index in [-0.39, 0.29) is 11.4 Å². The molecule has 0 saturated carbocycles. The van der Waals surface area contributed by atoms with E-state index in [1.54, 1.807) is 24.1 Å². The maximum Gasteiger partial charge on any atom is 0.354 e. The van der Waals surface area contributed by atoms with Crippen molar-refractivity contribution in [2.75, 3.05) is 25.6 Å². The number of carboxylic acids is 1. The Hall–Kier alpha value is -1.47. The minimum Gasteiger partial charge on any atom is -0.477 e. The number of carboxylic acid groups (broad SMARTS) is 1. The van der Waals surface area contributed by atoms with Gasteiger partial charge in [-0.2, -0.15) is 0 Å². The molecule has 1 rings (SSSR count). The monoisotopic (exact) mass is 272 g/mol. The zero-order chi connectivity index (χ0) is 13.8. The Labute approximate surface area is 106 Å². The summed E-state index contributed by atoms with van der Waals surface area (Å²) in [6.45, 7) is 0.800. The predicted octanol–water partition coefficient (Wildman–Crippen LogP) is 0.256. The van der Waals surface area contributed by atoms with Crippen LogP contribution in [0.3, 0.4) is 0 Å². The third-order valence-corrected chi connectivity index (χ3v) is 3.23. The van der Waals surface area contributed by atoms with E-state index >= 15 is 0 Å². The number of nitrogens with zero attached hydrogens (tertiary/aromatic N) is 2. The average molecular weight is 272 g/mol. The molecule has 0 bridgehead atoms. The summed E-state index contributed by atoms with van der Waals surface area (Å²) < 4.78 is 22.0. The van der Waals surface area contributed by atoms with Crippen LogP contribution >= 0.6 is 0 Å². The first kappa shape index (κ1) is 14.6. The van der Waals surface area contributed by atoms with E-state index in [0.29, 0.717) is 18.8 Å². The van der Waals surface area contributed by atoms with Crippen molar-refractivity contribution in [3.05, 3.63) is 29.6 Å². The molecule has 0 atom stereocenters. The molecule has 0 aliphatic rings. The number of pyridine rings is 1. The number of hydrogen-bond donors (Lipinski definition) is 1. The molecule has 1 aromatic rings. The van der Waals surface area contributed by atoms with Gasteiger partial charge in [-0.3, -0.25) is 4.90 Å². The zero-order valence-electron chi connectivity index (χ0n) is 10.3. The van der Waals surface area contributed by atoms with Crippen LogP contribution in [0.5, 0.6) is 0 Å². The first-order chi connectivity index (χ1) is 8.28. The molecule has 1 heterocycles. The van der Waals surface area contributed by atoms with Gasteiger partial charge in [0, 0.05) is 19.3 Å². The molecule has 0 fully saturated rings. The molecule has 1 aromatic heterocycles. The minimum absolute atomic E-state index is 0.0102. The molecule has 0 aliphatic carbocycles. The van der Waals surface area contributed by atoms with E-state index in [2.05, 4.69) is 4.98 Å². The molecule has 0 spiro atoms. The van der Waals surface area contributed by atoms with Crippen LogP contribution in [0.25, 0.3) is 0 Å². The van der Waals surface area contributed by atoms with Crippen LogP contribution in [-0.2, 0) is 16.4 Å². The standard InChI is InChI=1S/C11H16N2O4S/c1-13(6-7-18(2,16)17)8-9-4-3-5-10(12-9)11(14)15/h3-5H,6-8H2,1-2H3,(H,14,15). The third kappa shape index (κ3) is 5.24. The van der Waals surface area contributed by atoms with Gasteiger partial charge >= 0.3 is 5.97 Å². The second kappa shape index (κ2) is 5.92. The first-order valence-electron chi connectivity index (χ1n) is 5.33. The largest absolute Gasteiger partial charge is 0.477 e. The van der Waals surface area contributed by atoms with Crippen LogP contribution in [0, 0.1) is 0 Å². The van der Waals surface area contributed by atoms with E-state index in [1.807, 2.05) is 0 Å². The number of aromatic carboxylic acids is 1. The molecule has 7 heteroatoms. The van der Waals surface area contributed by atoms with Crippen LogP contribution in [0.2, 0.25) is 0 Å². The summed E-state index contributed by atoms with van der Waals surface area (Å²) in [6, 6.07) is 4.75. The summed E-state index contributed by atoms with van der Waals surface area (Å²) >= 11 is 0. The maximum atomic E-state index is 11.0. The molecule has 0 radical (unpaired) electrons. The Kier molecular flexibility index (Phi) is 4.80. The van der Waals surface area contributed by atoms with Crippen LogP contribution in [0.15, 0.2) is 18.2 Å². The van der Waals surface area contributed by atoms with Gasteiger partial charge in [0.05, 0.1) is 11.4 Å². The Morgan fingerprint density at radius 3 is 2.67 bits per heavy atom. The van der Waals surface area contributed by atoms with Crippen molar-refractivity contribution in [1.82, 2.24) is 9.88 Å². The highest BCUT2D eigenvalue weighted by Crippen LogP contribution is 2.03. The van der Waals surface area contributed by atoms with Gasteiger partial charge < -0.3 is 5.11 Å². The van der Waals surface area contributed by atoms with Crippen LogP contribution in [0.4, 0.5) is 0 Å². The SMILES string of the molecule is CN(CCS(C)(=O)=O)Cc1cccc(C(=O)O)n1. The Balaban J connectivity index is 2.62. The zero-order valence-corrected chi connectivity index (χ0v) is 11.1. The second-order valence-corrected chi connectivity index (χ2v) is 6.45. The molecule has 0 unspecified atom stereocenters. The van der Waals surface area contributed by atoms with E-state index in [9.17, 15) is 13.2 Å². The van der Waals surface area contributed by atoms with E-state index < -0.39 is 15.8 Å². The Bertz CT molecular complexity index is 528. The van der Waals surface area contributed by atoms with Crippen molar-refractivity contribution < 1.29 is 18.3 Å². The quantitative estimate of drug-likeness (QED) is 0.799. The summed E-state index contributed by atoms with van der Waals surface area (Å²) in [6.07, 6.45) is 1.18. The van der Waals surface area contributed by atoms with Gasteiger partial charge in [0.25, 0.3) is 0 Å². The van der Waals surface area contributed by atoms with E-state index in [1.165, 1.54) is 12.3 Å². The lowest BCUT2D eigenvalue weighted by molar-refractivity contribution is 0.0690. The summed E-state index contributed by atoms with van der Waals surface area (Å²) in [5.41, 5.74) is 0.593. The number of aromatic nitrogens is 1. The lowest BCUT2D eigenvalue weighted by Gasteiger charge is -2.15. The molecule has 1 N–H and O–H groups in total. The van der Waals surface area contributed by atoms with Gasteiger partial charge in [-0.15, -0.1) is 0 Å². The molecule has 0 amide bonds. The fourth-order valence-electron chi connectivity index (χ4n) is 1.36. The van der Waals surface area contributed by atoms with Crippen LogP contribution < -0.4 is 0 Å². The maximum absolute atomic E-state index is 11.0. The van der Waals surface area contributed by atoms with Gasteiger partial charge in [0.15, 0.2) is 0 Å².